The minimum atomic E-state index is -0.284. The minimum Gasteiger partial charge on any atom is -0.338 e. The molecular weight excluding hydrogens is 262 g/mol. The summed E-state index contributed by atoms with van der Waals surface area (Å²) in [6.45, 7) is 5.36. The van der Waals surface area contributed by atoms with Crippen molar-refractivity contribution in [1.29, 1.82) is 0 Å². The van der Waals surface area contributed by atoms with Crippen LogP contribution in [-0.4, -0.2) is 33.3 Å². The monoisotopic (exact) mass is 279 g/mol. The number of fused-ring (bicyclic) bond motifs is 1. The van der Waals surface area contributed by atoms with E-state index in [1.54, 1.807) is 16.5 Å². The predicted molar refractivity (Wildman–Crippen MR) is 75.8 cm³/mol. The smallest absolute Gasteiger partial charge is 0.271 e. The lowest BCUT2D eigenvalue weighted by Gasteiger charge is -2.20. The molecule has 1 amide bonds. The van der Waals surface area contributed by atoms with Gasteiger partial charge in [0, 0.05) is 30.9 Å². The number of amides is 1. The Hall–Kier alpha value is -1.69. The second kappa shape index (κ2) is 5.97. The highest BCUT2D eigenvalue weighted by molar-refractivity contribution is 7.15. The lowest BCUT2D eigenvalue weighted by molar-refractivity contribution is 0.0753. The first-order chi connectivity index (χ1) is 9.19. The quantitative estimate of drug-likeness (QED) is 0.841. The Morgan fingerprint density at radius 2 is 2.05 bits per heavy atom. The Labute approximate surface area is 115 Å². The molecule has 0 aliphatic carbocycles. The van der Waals surface area contributed by atoms with Gasteiger partial charge < -0.3 is 4.90 Å². The molecule has 2 aromatic heterocycles. The first-order valence-corrected chi connectivity index (χ1v) is 7.31. The van der Waals surface area contributed by atoms with Crippen LogP contribution in [0.2, 0.25) is 0 Å². The van der Waals surface area contributed by atoms with Gasteiger partial charge in [0.15, 0.2) is 4.96 Å². The van der Waals surface area contributed by atoms with Gasteiger partial charge in [-0.05, 0) is 12.8 Å². The molecule has 0 unspecified atom stereocenters. The number of rotatable bonds is 5. The molecule has 0 N–H and O–H groups in total. The number of carbonyl (C=O) groups excluding carboxylic acids is 1. The van der Waals surface area contributed by atoms with Crippen LogP contribution in [0.5, 0.6) is 0 Å². The first-order valence-electron chi connectivity index (χ1n) is 6.43. The van der Waals surface area contributed by atoms with E-state index in [1.165, 1.54) is 21.9 Å². The predicted octanol–water partition coefficient (Wildman–Crippen LogP) is 2.02. The van der Waals surface area contributed by atoms with E-state index in [0.717, 1.165) is 12.8 Å². The molecule has 0 radical (unpaired) electrons. The van der Waals surface area contributed by atoms with Crippen molar-refractivity contribution in [3.8, 4) is 0 Å². The largest absolute Gasteiger partial charge is 0.338 e. The summed E-state index contributed by atoms with van der Waals surface area (Å²) < 4.78 is 1.42. The molecule has 2 rings (SSSR count). The van der Waals surface area contributed by atoms with Gasteiger partial charge in [0.2, 0.25) is 0 Å². The van der Waals surface area contributed by atoms with Crippen molar-refractivity contribution in [1.82, 2.24) is 14.3 Å². The molecule has 102 valence electrons. The summed E-state index contributed by atoms with van der Waals surface area (Å²) in [5.41, 5.74) is -0.133. The summed E-state index contributed by atoms with van der Waals surface area (Å²) >= 11 is 1.38. The number of thiazole rings is 1. The van der Waals surface area contributed by atoms with Gasteiger partial charge in [0.1, 0.15) is 5.56 Å². The van der Waals surface area contributed by atoms with Crippen LogP contribution in [-0.2, 0) is 0 Å². The highest BCUT2D eigenvalue weighted by atomic mass is 32.1. The highest BCUT2D eigenvalue weighted by Gasteiger charge is 2.19. The molecule has 2 aromatic rings. The Bertz CT molecular complexity index is 626. The molecule has 0 saturated heterocycles. The third kappa shape index (κ3) is 2.68. The van der Waals surface area contributed by atoms with E-state index in [2.05, 4.69) is 4.98 Å². The SMILES string of the molecule is CCCN(CCC)C(=O)c1cnc2sccn2c1=O. The van der Waals surface area contributed by atoms with E-state index in [9.17, 15) is 9.59 Å². The fourth-order valence-corrected chi connectivity index (χ4v) is 2.67. The van der Waals surface area contributed by atoms with E-state index < -0.39 is 0 Å². The summed E-state index contributed by atoms with van der Waals surface area (Å²) in [7, 11) is 0. The van der Waals surface area contributed by atoms with E-state index in [4.69, 9.17) is 0 Å². The van der Waals surface area contributed by atoms with Crippen molar-refractivity contribution >= 4 is 22.2 Å². The van der Waals surface area contributed by atoms with Crippen LogP contribution in [0, 0.1) is 0 Å². The molecule has 0 atom stereocenters. The van der Waals surface area contributed by atoms with E-state index in [1.807, 2.05) is 13.8 Å². The Morgan fingerprint density at radius 1 is 1.37 bits per heavy atom. The fourth-order valence-electron chi connectivity index (χ4n) is 2.00. The van der Waals surface area contributed by atoms with Gasteiger partial charge in [-0.1, -0.05) is 13.8 Å². The van der Waals surface area contributed by atoms with Crippen LogP contribution in [0.3, 0.4) is 0 Å². The lowest BCUT2D eigenvalue weighted by Crippen LogP contribution is -2.36. The number of hydrogen-bond acceptors (Lipinski definition) is 4. The lowest BCUT2D eigenvalue weighted by atomic mass is 10.2. The Morgan fingerprint density at radius 3 is 2.68 bits per heavy atom. The number of aromatic nitrogens is 2. The van der Waals surface area contributed by atoms with E-state index in [-0.39, 0.29) is 17.0 Å². The van der Waals surface area contributed by atoms with Crippen LogP contribution in [0.4, 0.5) is 0 Å². The van der Waals surface area contributed by atoms with Crippen molar-refractivity contribution in [3.63, 3.8) is 0 Å². The third-order valence-electron chi connectivity index (χ3n) is 2.85. The molecule has 0 fully saturated rings. The molecule has 6 heteroatoms. The second-order valence-corrected chi connectivity index (χ2v) is 5.20. The maximum absolute atomic E-state index is 12.4. The maximum Gasteiger partial charge on any atom is 0.271 e. The summed E-state index contributed by atoms with van der Waals surface area (Å²) in [6, 6.07) is 0. The molecule has 2 heterocycles. The highest BCUT2D eigenvalue weighted by Crippen LogP contribution is 2.08. The Kier molecular flexibility index (Phi) is 4.31. The average molecular weight is 279 g/mol. The van der Waals surface area contributed by atoms with Gasteiger partial charge in [0.05, 0.1) is 0 Å². The van der Waals surface area contributed by atoms with Crippen molar-refractivity contribution in [3.05, 3.63) is 33.7 Å². The molecule has 0 aromatic carbocycles. The topological polar surface area (TPSA) is 54.7 Å². The first kappa shape index (κ1) is 13.7. The van der Waals surface area contributed by atoms with Crippen molar-refractivity contribution in [2.24, 2.45) is 0 Å². The number of carbonyl (C=O) groups is 1. The molecule has 0 spiro atoms. The molecule has 0 aliphatic heterocycles. The van der Waals surface area contributed by atoms with Gasteiger partial charge in [-0.25, -0.2) is 4.98 Å². The van der Waals surface area contributed by atoms with E-state index in [0.29, 0.717) is 18.1 Å². The average Bonchev–Trinajstić information content (AvgIpc) is 2.87. The minimum absolute atomic E-state index is 0.151. The second-order valence-electron chi connectivity index (χ2n) is 4.32. The zero-order valence-electron chi connectivity index (χ0n) is 11.1. The van der Waals surface area contributed by atoms with Crippen LogP contribution >= 0.6 is 11.3 Å². The molecular formula is C13H17N3O2S. The van der Waals surface area contributed by atoms with Gasteiger partial charge >= 0.3 is 0 Å². The molecule has 5 nitrogen and oxygen atoms in total. The van der Waals surface area contributed by atoms with Gasteiger partial charge in [-0.3, -0.25) is 14.0 Å². The number of nitrogens with zero attached hydrogens (tertiary/aromatic N) is 3. The van der Waals surface area contributed by atoms with Crippen molar-refractivity contribution in [2.75, 3.05) is 13.1 Å². The van der Waals surface area contributed by atoms with E-state index >= 15 is 0 Å². The number of hydrogen-bond donors (Lipinski definition) is 0. The van der Waals surface area contributed by atoms with Gasteiger partial charge in [-0.15, -0.1) is 11.3 Å². The van der Waals surface area contributed by atoms with Crippen LogP contribution < -0.4 is 5.56 Å². The normalized spacial score (nSPS) is 10.8. The van der Waals surface area contributed by atoms with Gasteiger partial charge in [-0.2, -0.15) is 0 Å². The van der Waals surface area contributed by atoms with Crippen LogP contribution in [0.15, 0.2) is 22.6 Å². The summed E-state index contributed by atoms with van der Waals surface area (Å²) in [5.74, 6) is -0.221. The molecule has 0 saturated carbocycles. The zero-order chi connectivity index (χ0) is 13.8. The maximum atomic E-state index is 12.4. The Balaban J connectivity index is 2.39. The van der Waals surface area contributed by atoms with Crippen molar-refractivity contribution in [2.45, 2.75) is 26.7 Å². The zero-order valence-corrected chi connectivity index (χ0v) is 11.9. The van der Waals surface area contributed by atoms with Crippen LogP contribution in [0.25, 0.3) is 4.96 Å². The third-order valence-corrected chi connectivity index (χ3v) is 3.62. The van der Waals surface area contributed by atoms with Crippen LogP contribution in [0.1, 0.15) is 37.0 Å². The summed E-state index contributed by atoms with van der Waals surface area (Å²) in [5, 5.41) is 1.79. The fraction of sp³-hybridized carbons (Fsp3) is 0.462. The van der Waals surface area contributed by atoms with Crippen molar-refractivity contribution < 1.29 is 4.79 Å². The molecule has 19 heavy (non-hydrogen) atoms. The summed E-state index contributed by atoms with van der Waals surface area (Å²) in [4.78, 5) is 31.1. The molecule has 0 aliphatic rings. The standard InChI is InChI=1S/C13H17N3O2S/c1-3-5-15(6-4-2)11(17)10-9-14-13-16(12(10)18)7-8-19-13/h7-9H,3-6H2,1-2H3. The van der Waals surface area contributed by atoms with Gasteiger partial charge in [0.25, 0.3) is 11.5 Å². The summed E-state index contributed by atoms with van der Waals surface area (Å²) in [6.07, 6.45) is 4.80. The molecule has 0 bridgehead atoms.